The van der Waals surface area contributed by atoms with Crippen LogP contribution in [0.5, 0.6) is 0 Å². The molecule has 0 aliphatic carbocycles. The summed E-state index contributed by atoms with van der Waals surface area (Å²) in [6.07, 6.45) is 0. The van der Waals surface area contributed by atoms with E-state index in [9.17, 15) is 0 Å². The molecule has 1 aromatic heterocycles. The number of rotatable bonds is 2. The summed E-state index contributed by atoms with van der Waals surface area (Å²) in [4.78, 5) is 0. The molecule has 0 atom stereocenters. The van der Waals surface area contributed by atoms with Gasteiger partial charge in [-0.25, -0.2) is 0 Å². The molecule has 0 spiro atoms. The Morgan fingerprint density at radius 2 is 2.56 bits per heavy atom. The second-order valence-corrected chi connectivity index (χ2v) is 3.34. The highest BCUT2D eigenvalue weighted by molar-refractivity contribution is 9.10. The number of halogens is 1. The molecule has 0 unspecified atom stereocenters. The minimum Gasteiger partial charge on any atom is -0.365 e. The summed E-state index contributed by atoms with van der Waals surface area (Å²) < 4.78 is 1.10. The smallest absolute Gasteiger partial charge is 0.0904 e. The van der Waals surface area contributed by atoms with Gasteiger partial charge in [-0.15, -0.1) is 11.3 Å². The van der Waals surface area contributed by atoms with Gasteiger partial charge in [-0.3, -0.25) is 0 Å². The van der Waals surface area contributed by atoms with Crippen molar-refractivity contribution in [3.63, 3.8) is 0 Å². The normalized spacial score (nSPS) is 9.56. The highest BCUT2D eigenvalue weighted by Gasteiger charge is 1.92. The summed E-state index contributed by atoms with van der Waals surface area (Å²) in [5.74, 6) is 0. The van der Waals surface area contributed by atoms with Crippen molar-refractivity contribution in [2.45, 2.75) is 0 Å². The van der Waals surface area contributed by atoms with Crippen molar-refractivity contribution in [1.29, 1.82) is 0 Å². The van der Waals surface area contributed by atoms with Crippen LogP contribution in [0.2, 0.25) is 0 Å². The zero-order valence-electron chi connectivity index (χ0n) is 4.73. The van der Waals surface area contributed by atoms with E-state index < -0.39 is 0 Å². The SMILES string of the molecule is NCNc1cc(Br)cs1. The van der Waals surface area contributed by atoms with Crippen LogP contribution in [-0.2, 0) is 0 Å². The van der Waals surface area contributed by atoms with E-state index in [4.69, 9.17) is 5.73 Å². The second kappa shape index (κ2) is 3.20. The Kier molecular flexibility index (Phi) is 2.50. The van der Waals surface area contributed by atoms with Gasteiger partial charge in [0.15, 0.2) is 0 Å². The van der Waals surface area contributed by atoms with Crippen LogP contribution in [0.1, 0.15) is 0 Å². The number of nitrogens with one attached hydrogen (secondary N) is 1. The maximum absolute atomic E-state index is 5.25. The fourth-order valence-electron chi connectivity index (χ4n) is 0.506. The van der Waals surface area contributed by atoms with E-state index in [-0.39, 0.29) is 0 Å². The molecule has 0 aliphatic heterocycles. The summed E-state index contributed by atoms with van der Waals surface area (Å²) in [7, 11) is 0. The van der Waals surface area contributed by atoms with Gasteiger partial charge in [-0.1, -0.05) is 0 Å². The van der Waals surface area contributed by atoms with Gasteiger partial charge in [0.05, 0.1) is 11.7 Å². The number of hydrogen-bond acceptors (Lipinski definition) is 3. The first-order valence-corrected chi connectivity index (χ1v) is 4.18. The van der Waals surface area contributed by atoms with Gasteiger partial charge in [0.1, 0.15) is 0 Å². The van der Waals surface area contributed by atoms with E-state index in [1.807, 2.05) is 11.4 Å². The van der Waals surface area contributed by atoms with Gasteiger partial charge in [-0.05, 0) is 22.0 Å². The maximum Gasteiger partial charge on any atom is 0.0904 e. The molecule has 0 bridgehead atoms. The molecule has 50 valence electrons. The Bertz CT molecular complexity index is 187. The predicted molar refractivity (Wildman–Crippen MR) is 44.7 cm³/mol. The third kappa shape index (κ3) is 1.97. The molecule has 1 rings (SSSR count). The topological polar surface area (TPSA) is 38.0 Å². The standard InChI is InChI=1S/C5H7BrN2S/c6-4-1-5(8-3-7)9-2-4/h1-2,8H,3,7H2. The van der Waals surface area contributed by atoms with E-state index in [1.165, 1.54) is 0 Å². The van der Waals surface area contributed by atoms with Crippen LogP contribution in [0.4, 0.5) is 5.00 Å². The summed E-state index contributed by atoms with van der Waals surface area (Å²) in [5.41, 5.74) is 5.25. The van der Waals surface area contributed by atoms with Crippen LogP contribution in [-0.4, -0.2) is 6.67 Å². The van der Waals surface area contributed by atoms with Crippen LogP contribution in [0, 0.1) is 0 Å². The molecule has 1 heterocycles. The van der Waals surface area contributed by atoms with Gasteiger partial charge >= 0.3 is 0 Å². The minimum atomic E-state index is 0.493. The van der Waals surface area contributed by atoms with E-state index >= 15 is 0 Å². The molecule has 9 heavy (non-hydrogen) atoms. The lowest BCUT2D eigenvalue weighted by Crippen LogP contribution is -2.09. The lowest BCUT2D eigenvalue weighted by atomic mass is 10.6. The fourth-order valence-corrected chi connectivity index (χ4v) is 1.84. The van der Waals surface area contributed by atoms with Crippen molar-refractivity contribution in [3.8, 4) is 0 Å². The number of anilines is 1. The Morgan fingerprint density at radius 3 is 3.00 bits per heavy atom. The van der Waals surface area contributed by atoms with E-state index in [0.29, 0.717) is 6.67 Å². The van der Waals surface area contributed by atoms with Gasteiger partial charge in [-0.2, -0.15) is 0 Å². The Hall–Kier alpha value is -0.0600. The number of thiophene rings is 1. The highest BCUT2D eigenvalue weighted by atomic mass is 79.9. The summed E-state index contributed by atoms with van der Waals surface area (Å²) in [6, 6.07) is 2.00. The van der Waals surface area contributed by atoms with Crippen molar-refractivity contribution in [2.24, 2.45) is 5.73 Å². The molecule has 4 heteroatoms. The average molecular weight is 207 g/mol. The van der Waals surface area contributed by atoms with Crippen molar-refractivity contribution >= 4 is 32.3 Å². The lowest BCUT2D eigenvalue weighted by Gasteiger charge is -1.93. The van der Waals surface area contributed by atoms with Gasteiger partial charge in [0.25, 0.3) is 0 Å². The van der Waals surface area contributed by atoms with Gasteiger partial charge < -0.3 is 11.1 Å². The summed E-state index contributed by atoms with van der Waals surface area (Å²) in [6.45, 7) is 0.493. The molecule has 1 aromatic rings. The number of nitrogens with two attached hydrogens (primary N) is 1. The van der Waals surface area contributed by atoms with Crippen LogP contribution in [0.15, 0.2) is 15.9 Å². The first-order chi connectivity index (χ1) is 4.33. The first kappa shape index (κ1) is 7.05. The molecule has 0 amide bonds. The molecule has 0 aliphatic rings. The molecular formula is C5H7BrN2S. The quantitative estimate of drug-likeness (QED) is 0.726. The molecule has 0 fully saturated rings. The van der Waals surface area contributed by atoms with Gasteiger partial charge in [0, 0.05) is 9.85 Å². The molecular weight excluding hydrogens is 200 g/mol. The Balaban J connectivity index is 2.61. The second-order valence-electron chi connectivity index (χ2n) is 1.51. The molecule has 0 saturated carbocycles. The monoisotopic (exact) mass is 206 g/mol. The Labute approximate surface area is 66.2 Å². The van der Waals surface area contributed by atoms with Crippen molar-refractivity contribution in [1.82, 2.24) is 0 Å². The molecule has 2 nitrogen and oxygen atoms in total. The molecule has 3 N–H and O–H groups in total. The maximum atomic E-state index is 5.25. The molecule has 0 radical (unpaired) electrons. The molecule has 0 saturated heterocycles. The number of hydrogen-bond donors (Lipinski definition) is 2. The predicted octanol–water partition coefficient (Wildman–Crippen LogP) is 1.84. The van der Waals surface area contributed by atoms with Crippen molar-refractivity contribution in [3.05, 3.63) is 15.9 Å². The third-order valence-electron chi connectivity index (χ3n) is 0.844. The van der Waals surface area contributed by atoms with Crippen LogP contribution in [0.3, 0.4) is 0 Å². The minimum absolute atomic E-state index is 0.493. The lowest BCUT2D eigenvalue weighted by molar-refractivity contribution is 1.15. The third-order valence-corrected chi connectivity index (χ3v) is 2.49. The van der Waals surface area contributed by atoms with Gasteiger partial charge in [0.2, 0.25) is 0 Å². The first-order valence-electron chi connectivity index (χ1n) is 2.51. The van der Waals surface area contributed by atoms with Crippen molar-refractivity contribution in [2.75, 3.05) is 12.0 Å². The van der Waals surface area contributed by atoms with Crippen LogP contribution < -0.4 is 11.1 Å². The zero-order valence-corrected chi connectivity index (χ0v) is 7.13. The van der Waals surface area contributed by atoms with Crippen LogP contribution in [0.25, 0.3) is 0 Å². The summed E-state index contributed by atoms with van der Waals surface area (Å²) >= 11 is 4.97. The largest absolute Gasteiger partial charge is 0.365 e. The fraction of sp³-hybridized carbons (Fsp3) is 0.200. The Morgan fingerprint density at radius 1 is 1.78 bits per heavy atom. The van der Waals surface area contributed by atoms with E-state index in [2.05, 4.69) is 21.2 Å². The zero-order chi connectivity index (χ0) is 6.69. The summed E-state index contributed by atoms with van der Waals surface area (Å²) in [5, 5.41) is 6.11. The van der Waals surface area contributed by atoms with E-state index in [1.54, 1.807) is 11.3 Å². The van der Waals surface area contributed by atoms with Crippen LogP contribution >= 0.6 is 27.3 Å². The van der Waals surface area contributed by atoms with Crippen molar-refractivity contribution < 1.29 is 0 Å². The highest BCUT2D eigenvalue weighted by Crippen LogP contribution is 2.23. The van der Waals surface area contributed by atoms with E-state index in [0.717, 1.165) is 9.47 Å². The molecule has 0 aromatic carbocycles. The average Bonchev–Trinajstić information content (AvgIpc) is 2.17.